The van der Waals surface area contributed by atoms with Crippen molar-refractivity contribution in [2.45, 2.75) is 39.7 Å². The third-order valence-electron chi connectivity index (χ3n) is 2.81. The Hall–Kier alpha value is -1.10. The first-order chi connectivity index (χ1) is 7.92. The minimum Gasteiger partial charge on any atom is -0.480 e. The number of carboxylic acids is 1. The molecule has 17 heavy (non-hydrogen) atoms. The second-order valence-corrected chi connectivity index (χ2v) is 4.51. The lowest BCUT2D eigenvalue weighted by molar-refractivity contribution is -0.143. The first-order valence-corrected chi connectivity index (χ1v) is 6.13. The minimum absolute atomic E-state index is 0.0621. The highest BCUT2D eigenvalue weighted by Gasteiger charge is 2.25. The van der Waals surface area contributed by atoms with Gasteiger partial charge in [0.1, 0.15) is 6.04 Å². The topological polar surface area (TPSA) is 69.6 Å². The fraction of sp³-hybridized carbons (Fsp3) is 0.833. The van der Waals surface area contributed by atoms with Gasteiger partial charge in [-0.15, -0.1) is 0 Å². The highest BCUT2D eigenvalue weighted by atomic mass is 16.4. The molecule has 100 valence electrons. The van der Waals surface area contributed by atoms with Crippen molar-refractivity contribution >= 4 is 11.9 Å². The zero-order chi connectivity index (χ0) is 13.4. The summed E-state index contributed by atoms with van der Waals surface area (Å²) in [4.78, 5) is 24.5. The van der Waals surface area contributed by atoms with Crippen molar-refractivity contribution in [2.75, 3.05) is 20.1 Å². The van der Waals surface area contributed by atoms with Crippen molar-refractivity contribution in [3.8, 4) is 0 Å². The third kappa shape index (κ3) is 6.26. The van der Waals surface area contributed by atoms with E-state index in [0.29, 0.717) is 0 Å². The van der Waals surface area contributed by atoms with Gasteiger partial charge in [-0.1, -0.05) is 27.2 Å². The largest absolute Gasteiger partial charge is 0.480 e. The van der Waals surface area contributed by atoms with Crippen molar-refractivity contribution in [3.63, 3.8) is 0 Å². The van der Waals surface area contributed by atoms with Crippen LogP contribution in [0.1, 0.15) is 33.6 Å². The van der Waals surface area contributed by atoms with Gasteiger partial charge in [0.05, 0.1) is 6.54 Å². The van der Waals surface area contributed by atoms with E-state index in [-0.39, 0.29) is 18.4 Å². The van der Waals surface area contributed by atoms with Gasteiger partial charge in [-0.3, -0.25) is 9.69 Å². The van der Waals surface area contributed by atoms with E-state index < -0.39 is 12.0 Å². The van der Waals surface area contributed by atoms with Gasteiger partial charge in [-0.05, 0) is 25.9 Å². The Kier molecular flexibility index (Phi) is 7.54. The molecule has 0 saturated heterocycles. The molecule has 0 unspecified atom stereocenters. The number of carbonyl (C=O) groups is 2. The number of nitrogens with zero attached hydrogens (tertiary/aromatic N) is 1. The summed E-state index contributed by atoms with van der Waals surface area (Å²) in [5.74, 6) is -1.26. The molecule has 0 aliphatic rings. The average Bonchev–Trinajstić information content (AvgIpc) is 2.24. The Bertz CT molecular complexity index is 256. The van der Waals surface area contributed by atoms with Gasteiger partial charge < -0.3 is 10.4 Å². The summed E-state index contributed by atoms with van der Waals surface area (Å²) in [6.07, 6.45) is 1.69. The smallest absolute Gasteiger partial charge is 0.326 e. The van der Waals surface area contributed by atoms with Gasteiger partial charge in [0, 0.05) is 0 Å². The molecule has 1 amide bonds. The van der Waals surface area contributed by atoms with E-state index in [9.17, 15) is 9.59 Å². The second kappa shape index (κ2) is 8.06. The third-order valence-corrected chi connectivity index (χ3v) is 2.81. The van der Waals surface area contributed by atoms with Crippen molar-refractivity contribution in [2.24, 2.45) is 5.92 Å². The molecule has 2 N–H and O–H groups in total. The Balaban J connectivity index is 4.27. The zero-order valence-electron chi connectivity index (χ0n) is 11.2. The highest BCUT2D eigenvalue weighted by molar-refractivity contribution is 5.84. The number of nitrogens with one attached hydrogen (secondary N) is 1. The first-order valence-electron chi connectivity index (χ1n) is 6.13. The number of carboxylic acid groups (broad SMARTS) is 1. The Morgan fingerprint density at radius 1 is 1.35 bits per heavy atom. The normalized spacial score (nSPS) is 14.4. The molecule has 0 radical (unpaired) electrons. The molecular formula is C12H24N2O3. The van der Waals surface area contributed by atoms with Crippen LogP contribution in [0.15, 0.2) is 0 Å². The molecule has 5 nitrogen and oxygen atoms in total. The van der Waals surface area contributed by atoms with E-state index in [1.807, 2.05) is 32.7 Å². The summed E-state index contributed by atoms with van der Waals surface area (Å²) < 4.78 is 0. The van der Waals surface area contributed by atoms with Crippen molar-refractivity contribution in [1.29, 1.82) is 0 Å². The average molecular weight is 244 g/mol. The van der Waals surface area contributed by atoms with Crippen LogP contribution in [0.5, 0.6) is 0 Å². The van der Waals surface area contributed by atoms with Gasteiger partial charge in [0.15, 0.2) is 0 Å². The molecule has 0 saturated carbocycles. The van der Waals surface area contributed by atoms with Gasteiger partial charge in [-0.25, -0.2) is 4.79 Å². The molecule has 0 fully saturated rings. The maximum absolute atomic E-state index is 11.6. The standard InChI is InChI=1S/C12H24N2O3/c1-5-7-14(4)8-10(15)13-11(12(16)17)9(3)6-2/h9,11H,5-8H2,1-4H3,(H,13,15)(H,16,17)/t9-,11-/m0/s1. The predicted molar refractivity (Wildman–Crippen MR) is 66.8 cm³/mol. The fourth-order valence-corrected chi connectivity index (χ4v) is 1.61. The number of aliphatic carboxylic acids is 1. The monoisotopic (exact) mass is 244 g/mol. The van der Waals surface area contributed by atoms with Gasteiger partial charge in [0.25, 0.3) is 0 Å². The highest BCUT2D eigenvalue weighted by Crippen LogP contribution is 2.07. The summed E-state index contributed by atoms with van der Waals surface area (Å²) in [7, 11) is 1.85. The van der Waals surface area contributed by atoms with Crippen molar-refractivity contribution < 1.29 is 14.7 Å². The van der Waals surface area contributed by atoms with Crippen LogP contribution >= 0.6 is 0 Å². The van der Waals surface area contributed by atoms with Gasteiger partial charge in [-0.2, -0.15) is 0 Å². The first kappa shape index (κ1) is 15.9. The summed E-state index contributed by atoms with van der Waals surface area (Å²) in [6.45, 7) is 6.85. The predicted octanol–water partition coefficient (Wildman–Crippen LogP) is 0.944. The van der Waals surface area contributed by atoms with Crippen LogP contribution in [0.2, 0.25) is 0 Å². The Morgan fingerprint density at radius 3 is 2.35 bits per heavy atom. The molecule has 0 aliphatic carbocycles. The van der Waals surface area contributed by atoms with E-state index >= 15 is 0 Å². The number of hydrogen-bond donors (Lipinski definition) is 2. The van der Waals surface area contributed by atoms with Crippen LogP contribution in [0.4, 0.5) is 0 Å². The molecule has 0 aliphatic heterocycles. The van der Waals surface area contributed by atoms with Crippen LogP contribution in [-0.4, -0.2) is 48.1 Å². The molecular weight excluding hydrogens is 220 g/mol. The molecule has 0 bridgehead atoms. The van der Waals surface area contributed by atoms with Gasteiger partial charge in [0.2, 0.25) is 5.91 Å². The Morgan fingerprint density at radius 2 is 1.94 bits per heavy atom. The number of carbonyl (C=O) groups excluding carboxylic acids is 1. The summed E-state index contributed by atoms with van der Waals surface area (Å²) in [6, 6.07) is -0.789. The Labute approximate surface area is 103 Å². The molecule has 0 aromatic rings. The SMILES string of the molecule is CCCN(C)CC(=O)N[C@H](C(=O)O)[C@@H](C)CC. The second-order valence-electron chi connectivity index (χ2n) is 4.51. The number of hydrogen-bond acceptors (Lipinski definition) is 3. The molecule has 0 rings (SSSR count). The zero-order valence-corrected chi connectivity index (χ0v) is 11.2. The maximum atomic E-state index is 11.6. The van der Waals surface area contributed by atoms with E-state index in [4.69, 9.17) is 5.11 Å². The van der Waals surface area contributed by atoms with Crippen LogP contribution < -0.4 is 5.32 Å². The minimum atomic E-state index is -0.967. The molecule has 0 heterocycles. The van der Waals surface area contributed by atoms with Crippen molar-refractivity contribution in [1.82, 2.24) is 10.2 Å². The van der Waals surface area contributed by atoms with E-state index in [2.05, 4.69) is 5.32 Å². The van der Waals surface area contributed by atoms with Gasteiger partial charge >= 0.3 is 5.97 Å². The lowest BCUT2D eigenvalue weighted by Gasteiger charge is -2.22. The number of likely N-dealkylation sites (N-methyl/N-ethyl adjacent to an activating group) is 1. The van der Waals surface area contributed by atoms with E-state index in [1.54, 1.807) is 0 Å². The van der Waals surface area contributed by atoms with Crippen LogP contribution in [0, 0.1) is 5.92 Å². The quantitative estimate of drug-likeness (QED) is 0.667. The van der Waals surface area contributed by atoms with Crippen molar-refractivity contribution in [3.05, 3.63) is 0 Å². The van der Waals surface area contributed by atoms with E-state index in [1.165, 1.54) is 0 Å². The molecule has 0 spiro atoms. The molecule has 0 aromatic carbocycles. The maximum Gasteiger partial charge on any atom is 0.326 e. The number of amides is 1. The van der Waals surface area contributed by atoms with Crippen LogP contribution in [0.3, 0.4) is 0 Å². The number of rotatable bonds is 8. The van der Waals surface area contributed by atoms with Crippen LogP contribution in [0.25, 0.3) is 0 Å². The summed E-state index contributed by atoms with van der Waals surface area (Å²) in [5, 5.41) is 11.6. The molecule has 5 heteroatoms. The lowest BCUT2D eigenvalue weighted by Crippen LogP contribution is -2.48. The molecule has 2 atom stereocenters. The fourth-order valence-electron chi connectivity index (χ4n) is 1.61. The van der Waals surface area contributed by atoms with Crippen LogP contribution in [-0.2, 0) is 9.59 Å². The summed E-state index contributed by atoms with van der Waals surface area (Å²) >= 11 is 0. The summed E-state index contributed by atoms with van der Waals surface area (Å²) in [5.41, 5.74) is 0. The molecule has 0 aromatic heterocycles. The lowest BCUT2D eigenvalue weighted by atomic mass is 9.99. The van der Waals surface area contributed by atoms with E-state index in [0.717, 1.165) is 19.4 Å².